The molecule has 1 saturated heterocycles. The predicted octanol–water partition coefficient (Wildman–Crippen LogP) is 2.17. The summed E-state index contributed by atoms with van der Waals surface area (Å²) in [4.78, 5) is 24.6. The van der Waals surface area contributed by atoms with Crippen molar-refractivity contribution in [1.29, 1.82) is 0 Å². The second kappa shape index (κ2) is 8.85. The molecule has 2 amide bonds. The second-order valence-corrected chi connectivity index (χ2v) is 9.74. The monoisotopic (exact) mass is 421 g/mol. The maximum absolute atomic E-state index is 12.7. The van der Waals surface area contributed by atoms with E-state index in [0.717, 1.165) is 23.3 Å². The number of carbonyl (C=O) groups excluding carboxylic acids is 2. The van der Waals surface area contributed by atoms with E-state index in [1.54, 1.807) is 29.6 Å². The van der Waals surface area contributed by atoms with Gasteiger partial charge in [0.25, 0.3) is 15.9 Å². The van der Waals surface area contributed by atoms with Crippen LogP contribution in [-0.2, 0) is 21.2 Å². The minimum atomic E-state index is -3.58. The number of rotatable bonds is 5. The molecule has 1 aliphatic rings. The number of hydrogen-bond acceptors (Lipinski definition) is 5. The first-order chi connectivity index (χ1) is 13.4. The Hall–Kier alpha value is -2.23. The van der Waals surface area contributed by atoms with E-state index in [0.29, 0.717) is 24.9 Å². The summed E-state index contributed by atoms with van der Waals surface area (Å²) in [6, 6.07) is 10.4. The number of amides is 2. The molecule has 0 spiro atoms. The van der Waals surface area contributed by atoms with Gasteiger partial charge in [0.05, 0.1) is 5.92 Å². The van der Waals surface area contributed by atoms with Crippen molar-refractivity contribution in [3.63, 3.8) is 0 Å². The Labute approximate surface area is 168 Å². The zero-order valence-corrected chi connectivity index (χ0v) is 17.2. The maximum atomic E-state index is 12.7. The lowest BCUT2D eigenvalue weighted by molar-refractivity contribution is -0.126. The van der Waals surface area contributed by atoms with Crippen LogP contribution in [0.3, 0.4) is 0 Å². The molecule has 0 radical (unpaired) electrons. The summed E-state index contributed by atoms with van der Waals surface area (Å²) in [5.74, 6) is -1.30. The summed E-state index contributed by atoms with van der Waals surface area (Å²) in [5, 5.41) is 1.71. The van der Waals surface area contributed by atoms with Gasteiger partial charge in [-0.15, -0.1) is 11.3 Å². The molecule has 0 aliphatic carbocycles. The average Bonchev–Trinajstić information content (AvgIpc) is 3.27. The Morgan fingerprint density at radius 3 is 2.57 bits per heavy atom. The summed E-state index contributed by atoms with van der Waals surface area (Å²) in [7, 11) is -3.58. The van der Waals surface area contributed by atoms with Crippen molar-refractivity contribution in [2.45, 2.75) is 30.4 Å². The molecule has 0 unspecified atom stereocenters. The minimum absolute atomic E-state index is 0.104. The molecular formula is C19H23N3O4S2. The van der Waals surface area contributed by atoms with Gasteiger partial charge >= 0.3 is 0 Å². The Bertz CT molecular complexity index is 925. The third kappa shape index (κ3) is 4.60. The first-order valence-electron chi connectivity index (χ1n) is 9.14. The third-order valence-corrected chi connectivity index (χ3v) is 8.01. The largest absolute Gasteiger partial charge is 0.273 e. The molecule has 150 valence electrons. The van der Waals surface area contributed by atoms with Crippen LogP contribution in [-0.4, -0.2) is 37.6 Å². The minimum Gasteiger partial charge on any atom is -0.273 e. The quantitative estimate of drug-likeness (QED) is 0.724. The van der Waals surface area contributed by atoms with Crippen LogP contribution < -0.4 is 10.9 Å². The highest BCUT2D eigenvalue weighted by Crippen LogP contribution is 2.26. The second-order valence-electron chi connectivity index (χ2n) is 6.63. The fourth-order valence-electron chi connectivity index (χ4n) is 3.10. The van der Waals surface area contributed by atoms with Crippen molar-refractivity contribution in [3.05, 3.63) is 52.9 Å². The van der Waals surface area contributed by atoms with Crippen LogP contribution in [0.1, 0.15) is 35.7 Å². The summed E-state index contributed by atoms with van der Waals surface area (Å²) >= 11 is 1.16. The Morgan fingerprint density at radius 2 is 1.93 bits per heavy atom. The highest BCUT2D eigenvalue weighted by Gasteiger charge is 2.33. The lowest BCUT2D eigenvalue weighted by atomic mass is 9.99. The van der Waals surface area contributed by atoms with Gasteiger partial charge in [-0.2, -0.15) is 4.31 Å². The number of hydrazine groups is 1. The molecule has 2 N–H and O–H groups in total. The van der Waals surface area contributed by atoms with E-state index in [2.05, 4.69) is 10.9 Å². The molecule has 28 heavy (non-hydrogen) atoms. The highest BCUT2D eigenvalue weighted by atomic mass is 32.2. The number of hydrogen-bond donors (Lipinski definition) is 2. The smallest absolute Gasteiger partial charge is 0.269 e. The number of nitrogens with zero attached hydrogens (tertiary/aromatic N) is 1. The number of sulfonamides is 1. The molecule has 2 heterocycles. The third-order valence-electron chi connectivity index (χ3n) is 4.77. The lowest BCUT2D eigenvalue weighted by Crippen LogP contribution is -2.49. The van der Waals surface area contributed by atoms with E-state index in [9.17, 15) is 18.0 Å². The number of benzene rings is 1. The molecule has 0 bridgehead atoms. The van der Waals surface area contributed by atoms with Gasteiger partial charge < -0.3 is 0 Å². The van der Waals surface area contributed by atoms with E-state index in [1.807, 2.05) is 19.1 Å². The number of nitrogens with one attached hydrogen (secondary N) is 2. The topological polar surface area (TPSA) is 95.6 Å². The average molecular weight is 422 g/mol. The van der Waals surface area contributed by atoms with Crippen molar-refractivity contribution in [1.82, 2.24) is 15.2 Å². The molecule has 1 aromatic carbocycles. The molecule has 1 atom stereocenters. The van der Waals surface area contributed by atoms with Crippen LogP contribution in [0.15, 0.2) is 46.0 Å². The molecule has 7 nitrogen and oxygen atoms in total. The first-order valence-corrected chi connectivity index (χ1v) is 11.5. The van der Waals surface area contributed by atoms with Crippen molar-refractivity contribution in [2.75, 3.05) is 13.1 Å². The van der Waals surface area contributed by atoms with Gasteiger partial charge in [-0.25, -0.2) is 8.42 Å². The van der Waals surface area contributed by atoms with Crippen molar-refractivity contribution < 1.29 is 18.0 Å². The van der Waals surface area contributed by atoms with Crippen molar-refractivity contribution >= 4 is 33.2 Å². The Kier molecular flexibility index (Phi) is 6.48. The van der Waals surface area contributed by atoms with Crippen LogP contribution in [0.5, 0.6) is 0 Å². The van der Waals surface area contributed by atoms with Crippen molar-refractivity contribution in [2.24, 2.45) is 5.92 Å². The van der Waals surface area contributed by atoms with Crippen molar-refractivity contribution in [3.8, 4) is 0 Å². The summed E-state index contributed by atoms with van der Waals surface area (Å²) in [6.07, 6.45) is 2.05. The zero-order chi connectivity index (χ0) is 20.1. The van der Waals surface area contributed by atoms with Gasteiger partial charge in [-0.05, 0) is 48.4 Å². The molecule has 1 aliphatic heterocycles. The molecular weight excluding hydrogens is 398 g/mol. The van der Waals surface area contributed by atoms with E-state index < -0.39 is 21.8 Å². The molecule has 9 heteroatoms. The van der Waals surface area contributed by atoms with E-state index >= 15 is 0 Å². The van der Waals surface area contributed by atoms with Gasteiger partial charge in [0.2, 0.25) is 5.91 Å². The van der Waals surface area contributed by atoms with Gasteiger partial charge in [0, 0.05) is 18.7 Å². The maximum Gasteiger partial charge on any atom is 0.269 e. The molecule has 2 aromatic rings. The van der Waals surface area contributed by atoms with Crippen LogP contribution in [0.25, 0.3) is 0 Å². The molecule has 3 rings (SSSR count). The van der Waals surface area contributed by atoms with E-state index in [1.165, 1.54) is 4.31 Å². The van der Waals surface area contributed by atoms with Crippen LogP contribution in [0.2, 0.25) is 0 Å². The number of carbonyl (C=O) groups is 2. The van der Waals surface area contributed by atoms with E-state index in [-0.39, 0.29) is 16.7 Å². The van der Waals surface area contributed by atoms with Crippen LogP contribution >= 0.6 is 11.3 Å². The van der Waals surface area contributed by atoms with Gasteiger partial charge in [-0.3, -0.25) is 20.4 Å². The number of piperidine rings is 1. The fraction of sp³-hybridized carbons (Fsp3) is 0.368. The van der Waals surface area contributed by atoms with Crippen LogP contribution in [0, 0.1) is 5.92 Å². The van der Waals surface area contributed by atoms with Gasteiger partial charge in [-0.1, -0.05) is 25.1 Å². The molecule has 0 saturated carbocycles. The highest BCUT2D eigenvalue weighted by molar-refractivity contribution is 7.91. The Balaban J connectivity index is 1.57. The van der Waals surface area contributed by atoms with Gasteiger partial charge in [0.1, 0.15) is 4.21 Å². The summed E-state index contributed by atoms with van der Waals surface area (Å²) < 4.78 is 26.9. The molecule has 1 fully saturated rings. The number of thiophene rings is 1. The Morgan fingerprint density at radius 1 is 1.18 bits per heavy atom. The first kappa shape index (κ1) is 20.5. The number of aryl methyl sites for hydroxylation is 1. The van der Waals surface area contributed by atoms with Gasteiger partial charge in [0.15, 0.2) is 0 Å². The summed E-state index contributed by atoms with van der Waals surface area (Å²) in [6.45, 7) is 2.52. The normalized spacial score (nSPS) is 17.8. The predicted molar refractivity (Wildman–Crippen MR) is 107 cm³/mol. The zero-order valence-electron chi connectivity index (χ0n) is 15.6. The van der Waals surface area contributed by atoms with E-state index in [4.69, 9.17) is 0 Å². The fourth-order valence-corrected chi connectivity index (χ4v) is 5.77. The SMILES string of the molecule is CCc1ccc(C(=O)NNC(=O)[C@H]2CCCN(S(=O)(=O)c3cccs3)C2)cc1. The lowest BCUT2D eigenvalue weighted by Gasteiger charge is -2.30. The molecule has 1 aromatic heterocycles. The standard InChI is InChI=1S/C19H23N3O4S2/c1-2-14-7-9-15(10-8-14)18(23)20-21-19(24)16-5-3-11-22(13-16)28(25,26)17-6-4-12-27-17/h4,6-10,12,16H,2-3,5,11,13H2,1H3,(H,20,23)(H,21,24)/t16-/m0/s1. The summed E-state index contributed by atoms with van der Waals surface area (Å²) in [5.41, 5.74) is 6.41. The van der Waals surface area contributed by atoms with Crippen LogP contribution in [0.4, 0.5) is 0 Å².